The average molecular weight is 308 g/mol. The van der Waals surface area contributed by atoms with Crippen molar-refractivity contribution in [2.45, 2.75) is 25.7 Å². The Balaban J connectivity index is 1.46. The molecule has 3 nitrogen and oxygen atoms in total. The molecule has 0 spiro atoms. The summed E-state index contributed by atoms with van der Waals surface area (Å²) in [6.45, 7) is 3.00. The average Bonchev–Trinajstić information content (AvgIpc) is 3.18. The van der Waals surface area contributed by atoms with E-state index < -0.39 is 6.29 Å². The van der Waals surface area contributed by atoms with Crippen molar-refractivity contribution < 1.29 is 14.6 Å². The highest BCUT2D eigenvalue weighted by Gasteiger charge is 2.53. The molecule has 2 aromatic carbocycles. The lowest BCUT2D eigenvalue weighted by atomic mass is 10.0. The van der Waals surface area contributed by atoms with Gasteiger partial charge in [-0.05, 0) is 35.7 Å². The number of aliphatic hydroxyl groups is 1. The Bertz CT molecular complexity index is 736. The monoisotopic (exact) mass is 308 g/mol. The minimum absolute atomic E-state index is 0.117. The number of fused-ring (bicyclic) bond motifs is 3. The third-order valence-corrected chi connectivity index (χ3v) is 4.60. The van der Waals surface area contributed by atoms with Crippen LogP contribution in [0.5, 0.6) is 5.75 Å². The van der Waals surface area contributed by atoms with Crippen molar-refractivity contribution in [3.8, 4) is 5.75 Å². The summed E-state index contributed by atoms with van der Waals surface area (Å²) >= 11 is 0. The van der Waals surface area contributed by atoms with E-state index in [0.717, 1.165) is 11.3 Å². The zero-order valence-corrected chi connectivity index (χ0v) is 13.1. The molecule has 0 radical (unpaired) electrons. The fraction of sp³-hybridized carbons (Fsp3) is 0.300. The first kappa shape index (κ1) is 14.5. The minimum Gasteiger partial charge on any atom is -0.489 e. The summed E-state index contributed by atoms with van der Waals surface area (Å²) in [5.74, 6) is 1.29. The van der Waals surface area contributed by atoms with E-state index in [1.54, 1.807) is 0 Å². The van der Waals surface area contributed by atoms with Gasteiger partial charge in [0.1, 0.15) is 12.4 Å². The zero-order valence-electron chi connectivity index (χ0n) is 13.1. The Morgan fingerprint density at radius 1 is 1.13 bits per heavy atom. The van der Waals surface area contributed by atoms with E-state index in [2.05, 4.69) is 30.3 Å². The Morgan fingerprint density at radius 2 is 1.96 bits per heavy atom. The van der Waals surface area contributed by atoms with Gasteiger partial charge < -0.3 is 14.6 Å². The second kappa shape index (κ2) is 5.84. The van der Waals surface area contributed by atoms with Crippen LogP contribution in [0, 0.1) is 5.92 Å². The zero-order chi connectivity index (χ0) is 15.8. The molecule has 3 heteroatoms. The fourth-order valence-electron chi connectivity index (χ4n) is 3.43. The smallest absolute Gasteiger partial charge is 0.161 e. The van der Waals surface area contributed by atoms with Gasteiger partial charge >= 0.3 is 0 Å². The van der Waals surface area contributed by atoms with E-state index >= 15 is 0 Å². The third kappa shape index (κ3) is 2.67. The molecule has 118 valence electrons. The lowest BCUT2D eigenvalue weighted by molar-refractivity contribution is -0.107. The van der Waals surface area contributed by atoms with Crippen LogP contribution in [0.2, 0.25) is 0 Å². The predicted molar refractivity (Wildman–Crippen MR) is 89.1 cm³/mol. The van der Waals surface area contributed by atoms with Gasteiger partial charge in [-0.3, -0.25) is 0 Å². The van der Waals surface area contributed by atoms with Gasteiger partial charge in [0.25, 0.3) is 0 Å². The molecule has 0 amide bonds. The molecule has 1 fully saturated rings. The quantitative estimate of drug-likeness (QED) is 0.826. The molecule has 2 aromatic rings. The first-order valence-electron chi connectivity index (χ1n) is 8.09. The van der Waals surface area contributed by atoms with Gasteiger partial charge in [-0.15, -0.1) is 0 Å². The maximum Gasteiger partial charge on any atom is 0.161 e. The summed E-state index contributed by atoms with van der Waals surface area (Å²) in [6.07, 6.45) is 1.48. The van der Waals surface area contributed by atoms with Gasteiger partial charge in [0.2, 0.25) is 0 Å². The van der Waals surface area contributed by atoms with Crippen molar-refractivity contribution in [2.24, 2.45) is 5.92 Å². The van der Waals surface area contributed by atoms with Crippen molar-refractivity contribution in [1.29, 1.82) is 0 Å². The molecule has 0 bridgehead atoms. The molecule has 0 saturated heterocycles. The largest absolute Gasteiger partial charge is 0.489 e. The van der Waals surface area contributed by atoms with Crippen LogP contribution < -0.4 is 4.74 Å². The van der Waals surface area contributed by atoms with E-state index in [1.165, 1.54) is 16.7 Å². The lowest BCUT2D eigenvalue weighted by Gasteiger charge is -2.13. The van der Waals surface area contributed by atoms with Gasteiger partial charge in [0.15, 0.2) is 6.29 Å². The summed E-state index contributed by atoms with van der Waals surface area (Å²) in [5, 5.41) is 10.0. The van der Waals surface area contributed by atoms with Crippen LogP contribution in [0.15, 0.2) is 54.1 Å². The van der Waals surface area contributed by atoms with E-state index in [-0.39, 0.29) is 5.92 Å². The van der Waals surface area contributed by atoms with Crippen LogP contribution in [-0.2, 0) is 11.3 Å². The number of aliphatic hydroxyl groups excluding tert-OH is 1. The van der Waals surface area contributed by atoms with Gasteiger partial charge in [-0.2, -0.15) is 0 Å². The maximum atomic E-state index is 10.0. The molecule has 1 N–H and O–H groups in total. The highest BCUT2D eigenvalue weighted by atomic mass is 16.6. The highest BCUT2D eigenvalue weighted by molar-refractivity contribution is 5.75. The van der Waals surface area contributed by atoms with Gasteiger partial charge in [-0.1, -0.05) is 48.0 Å². The molecule has 0 aliphatic heterocycles. The van der Waals surface area contributed by atoms with Crippen LogP contribution in [0.3, 0.4) is 0 Å². The van der Waals surface area contributed by atoms with Crippen LogP contribution >= 0.6 is 0 Å². The van der Waals surface area contributed by atoms with Crippen molar-refractivity contribution in [3.63, 3.8) is 0 Å². The maximum absolute atomic E-state index is 10.0. The molecule has 3 unspecified atom stereocenters. The number of hydrogen-bond donors (Lipinski definition) is 1. The second-order valence-corrected chi connectivity index (χ2v) is 6.06. The first-order valence-corrected chi connectivity index (χ1v) is 8.09. The molecule has 1 saturated carbocycles. The summed E-state index contributed by atoms with van der Waals surface area (Å²) in [6, 6.07) is 16.4. The van der Waals surface area contributed by atoms with Crippen molar-refractivity contribution in [1.82, 2.24) is 0 Å². The standard InChI is InChI=1S/C20H20O3/c1-2-22-20(21)19-17-10-14-8-9-15(11-16(14)18(17)19)23-12-13-6-4-3-5-7-13/h3-11,18-21H,2,12H2,1H3. The van der Waals surface area contributed by atoms with E-state index in [9.17, 15) is 5.11 Å². The Kier molecular flexibility index (Phi) is 3.68. The fourth-order valence-corrected chi connectivity index (χ4v) is 3.43. The van der Waals surface area contributed by atoms with Crippen molar-refractivity contribution in [3.05, 3.63) is 70.8 Å². The summed E-state index contributed by atoms with van der Waals surface area (Å²) < 4.78 is 11.2. The van der Waals surface area contributed by atoms with Gasteiger partial charge in [0.05, 0.1) is 0 Å². The SMILES string of the molecule is CCOC(O)C1C2=Cc3ccc(OCc4ccccc4)cc3C21. The van der Waals surface area contributed by atoms with Crippen LogP contribution in [0.25, 0.3) is 6.08 Å². The molecular weight excluding hydrogens is 288 g/mol. The molecule has 4 rings (SSSR count). The van der Waals surface area contributed by atoms with Gasteiger partial charge in [-0.25, -0.2) is 0 Å². The first-order chi connectivity index (χ1) is 11.3. The Morgan fingerprint density at radius 3 is 2.74 bits per heavy atom. The number of ether oxygens (including phenoxy) is 2. The Hall–Kier alpha value is -2.10. The second-order valence-electron chi connectivity index (χ2n) is 6.06. The van der Waals surface area contributed by atoms with E-state index in [0.29, 0.717) is 19.1 Å². The molecule has 2 aliphatic carbocycles. The van der Waals surface area contributed by atoms with E-state index in [1.807, 2.05) is 31.2 Å². The van der Waals surface area contributed by atoms with Crippen molar-refractivity contribution in [2.75, 3.05) is 6.61 Å². The van der Waals surface area contributed by atoms with E-state index in [4.69, 9.17) is 9.47 Å². The Labute approximate surface area is 136 Å². The summed E-state index contributed by atoms with van der Waals surface area (Å²) in [4.78, 5) is 0. The summed E-state index contributed by atoms with van der Waals surface area (Å²) in [5.41, 5.74) is 4.91. The number of hydrogen-bond acceptors (Lipinski definition) is 3. The molecule has 23 heavy (non-hydrogen) atoms. The van der Waals surface area contributed by atoms with Crippen LogP contribution in [0.4, 0.5) is 0 Å². The molecular formula is C20H20O3. The number of benzene rings is 2. The molecule has 0 aromatic heterocycles. The minimum atomic E-state index is -0.696. The summed E-state index contributed by atoms with van der Waals surface area (Å²) in [7, 11) is 0. The molecule has 0 heterocycles. The topological polar surface area (TPSA) is 38.7 Å². The van der Waals surface area contributed by atoms with Crippen molar-refractivity contribution >= 4 is 6.08 Å². The third-order valence-electron chi connectivity index (χ3n) is 4.60. The lowest BCUT2D eigenvalue weighted by Crippen LogP contribution is -2.15. The van der Waals surface area contributed by atoms with Gasteiger partial charge in [0, 0.05) is 18.4 Å². The highest BCUT2D eigenvalue weighted by Crippen LogP contribution is 2.61. The predicted octanol–water partition coefficient (Wildman–Crippen LogP) is 3.73. The normalized spacial score (nSPS) is 22.1. The number of rotatable bonds is 6. The van der Waals surface area contributed by atoms with Crippen LogP contribution in [0.1, 0.15) is 29.5 Å². The van der Waals surface area contributed by atoms with Crippen LogP contribution in [-0.4, -0.2) is 18.0 Å². The molecule has 2 aliphatic rings. The molecule has 3 atom stereocenters.